The Hall–Kier alpha value is -3.25. The van der Waals surface area contributed by atoms with Crippen LogP contribution in [0.4, 0.5) is 0 Å². The van der Waals surface area contributed by atoms with Crippen molar-refractivity contribution in [2.75, 3.05) is 33.3 Å². The van der Waals surface area contributed by atoms with E-state index in [1.165, 1.54) is 7.11 Å². The first-order valence-corrected chi connectivity index (χ1v) is 10.1. The predicted molar refractivity (Wildman–Crippen MR) is 116 cm³/mol. The lowest BCUT2D eigenvalue weighted by atomic mass is 10.1. The van der Waals surface area contributed by atoms with Crippen molar-refractivity contribution in [3.05, 3.63) is 83.1 Å². The fourth-order valence-corrected chi connectivity index (χ4v) is 3.88. The minimum atomic E-state index is -0.153. The standard InChI is InChI=1S/C23H22ClN3O3/c1-30-21-16-20(25-9-5-6-10-25)19(24)15-18(21)23(29)27-13-11-26(12-14-27)22(28)17-7-3-2-4-8-17/h2-10,15-16H,11-14H2,1H3. The topological polar surface area (TPSA) is 54.8 Å². The number of ether oxygens (including phenoxy) is 1. The van der Waals surface area contributed by atoms with Gasteiger partial charge < -0.3 is 19.1 Å². The normalized spacial score (nSPS) is 13.9. The SMILES string of the molecule is COc1cc(-n2cccc2)c(Cl)cc1C(=O)N1CCN(C(=O)c2ccccc2)CC1. The summed E-state index contributed by atoms with van der Waals surface area (Å²) in [7, 11) is 1.54. The first kappa shape index (κ1) is 20.0. The molecular weight excluding hydrogens is 402 g/mol. The number of amides is 2. The van der Waals surface area contributed by atoms with Crippen LogP contribution in [0.2, 0.25) is 5.02 Å². The van der Waals surface area contributed by atoms with Crippen LogP contribution in [0.1, 0.15) is 20.7 Å². The van der Waals surface area contributed by atoms with Crippen molar-refractivity contribution in [2.45, 2.75) is 0 Å². The Morgan fingerprint density at radius 3 is 2.07 bits per heavy atom. The number of hydrogen-bond acceptors (Lipinski definition) is 3. The largest absolute Gasteiger partial charge is 0.496 e. The highest BCUT2D eigenvalue weighted by molar-refractivity contribution is 6.33. The molecule has 0 unspecified atom stereocenters. The molecule has 3 aromatic rings. The average molecular weight is 424 g/mol. The van der Waals surface area contributed by atoms with Crippen LogP contribution in [0.5, 0.6) is 5.75 Å². The molecule has 7 heteroatoms. The van der Waals surface area contributed by atoms with E-state index in [2.05, 4.69) is 0 Å². The number of aromatic nitrogens is 1. The number of methoxy groups -OCH3 is 1. The Morgan fingerprint density at radius 2 is 1.47 bits per heavy atom. The van der Waals surface area contributed by atoms with Crippen molar-refractivity contribution in [2.24, 2.45) is 0 Å². The molecule has 0 atom stereocenters. The second-order valence-corrected chi connectivity index (χ2v) is 7.45. The van der Waals surface area contributed by atoms with Gasteiger partial charge in [0.05, 0.1) is 23.4 Å². The number of halogens is 1. The van der Waals surface area contributed by atoms with Crippen LogP contribution in [0.3, 0.4) is 0 Å². The van der Waals surface area contributed by atoms with Crippen LogP contribution in [0, 0.1) is 0 Å². The van der Waals surface area contributed by atoms with Gasteiger partial charge in [0.15, 0.2) is 0 Å². The van der Waals surface area contributed by atoms with E-state index in [1.807, 2.05) is 47.3 Å². The molecule has 0 radical (unpaired) electrons. The van der Waals surface area contributed by atoms with Gasteiger partial charge in [0.2, 0.25) is 0 Å². The number of carbonyl (C=O) groups excluding carboxylic acids is 2. The summed E-state index contributed by atoms with van der Waals surface area (Å²) >= 11 is 6.47. The molecule has 0 spiro atoms. The number of benzene rings is 2. The van der Waals surface area contributed by atoms with Gasteiger partial charge in [-0.2, -0.15) is 0 Å². The molecule has 30 heavy (non-hydrogen) atoms. The molecule has 1 saturated heterocycles. The van der Waals surface area contributed by atoms with Crippen molar-refractivity contribution in [3.8, 4) is 11.4 Å². The molecule has 2 amide bonds. The zero-order chi connectivity index (χ0) is 21.1. The van der Waals surface area contributed by atoms with Crippen molar-refractivity contribution in [1.29, 1.82) is 0 Å². The first-order chi connectivity index (χ1) is 14.6. The third-order valence-electron chi connectivity index (χ3n) is 5.26. The quantitative estimate of drug-likeness (QED) is 0.642. The van der Waals surface area contributed by atoms with Crippen molar-refractivity contribution >= 4 is 23.4 Å². The summed E-state index contributed by atoms with van der Waals surface area (Å²) < 4.78 is 7.35. The van der Waals surface area contributed by atoms with Crippen LogP contribution in [-0.2, 0) is 0 Å². The Kier molecular flexibility index (Phi) is 5.77. The van der Waals surface area contributed by atoms with Gasteiger partial charge in [-0.05, 0) is 30.3 Å². The number of piperazine rings is 1. The highest BCUT2D eigenvalue weighted by Crippen LogP contribution is 2.31. The molecule has 2 heterocycles. The second-order valence-electron chi connectivity index (χ2n) is 7.04. The highest BCUT2D eigenvalue weighted by Gasteiger charge is 2.27. The van der Waals surface area contributed by atoms with Crippen LogP contribution in [-0.4, -0.2) is 59.5 Å². The van der Waals surface area contributed by atoms with E-state index in [4.69, 9.17) is 16.3 Å². The van der Waals surface area contributed by atoms with Crippen LogP contribution >= 0.6 is 11.6 Å². The van der Waals surface area contributed by atoms with E-state index in [1.54, 1.807) is 34.1 Å². The highest BCUT2D eigenvalue weighted by atomic mass is 35.5. The fourth-order valence-electron chi connectivity index (χ4n) is 3.62. The van der Waals surface area contributed by atoms with E-state index in [9.17, 15) is 9.59 Å². The van der Waals surface area contributed by atoms with Gasteiger partial charge in [-0.25, -0.2) is 0 Å². The molecule has 0 bridgehead atoms. The van der Waals surface area contributed by atoms with Gasteiger partial charge in [-0.15, -0.1) is 0 Å². The summed E-state index contributed by atoms with van der Waals surface area (Å²) in [5, 5.41) is 0.466. The van der Waals surface area contributed by atoms with Gasteiger partial charge in [-0.1, -0.05) is 29.8 Å². The van der Waals surface area contributed by atoms with Gasteiger partial charge in [0.25, 0.3) is 11.8 Å². The van der Waals surface area contributed by atoms with E-state index >= 15 is 0 Å². The van der Waals surface area contributed by atoms with Crippen LogP contribution < -0.4 is 4.74 Å². The summed E-state index contributed by atoms with van der Waals surface area (Å²) in [6, 6.07) is 16.4. The lowest BCUT2D eigenvalue weighted by molar-refractivity contribution is 0.0533. The lowest BCUT2D eigenvalue weighted by Gasteiger charge is -2.35. The van der Waals surface area contributed by atoms with E-state index < -0.39 is 0 Å². The lowest BCUT2D eigenvalue weighted by Crippen LogP contribution is -2.50. The molecule has 0 N–H and O–H groups in total. The van der Waals surface area contributed by atoms with Gasteiger partial charge in [0.1, 0.15) is 5.75 Å². The van der Waals surface area contributed by atoms with E-state index in [0.29, 0.717) is 48.1 Å². The maximum absolute atomic E-state index is 13.2. The minimum Gasteiger partial charge on any atom is -0.496 e. The molecule has 6 nitrogen and oxygen atoms in total. The third-order valence-corrected chi connectivity index (χ3v) is 5.56. The maximum atomic E-state index is 13.2. The van der Waals surface area contributed by atoms with Crippen LogP contribution in [0.25, 0.3) is 5.69 Å². The van der Waals surface area contributed by atoms with Crippen LogP contribution in [0.15, 0.2) is 67.0 Å². The van der Waals surface area contributed by atoms with E-state index in [0.717, 1.165) is 5.69 Å². The molecular formula is C23H22ClN3O3. The summed E-state index contributed by atoms with van der Waals surface area (Å²) in [5.41, 5.74) is 1.82. The number of rotatable bonds is 4. The fraction of sp³-hybridized carbons (Fsp3) is 0.217. The van der Waals surface area contributed by atoms with Gasteiger partial charge in [0, 0.05) is 50.2 Å². The molecule has 1 aromatic heterocycles. The Labute approximate surface area is 180 Å². The average Bonchev–Trinajstić information content (AvgIpc) is 3.33. The number of nitrogens with zero attached hydrogens (tertiary/aromatic N) is 3. The summed E-state index contributed by atoms with van der Waals surface area (Å²) in [6.45, 7) is 1.88. The smallest absolute Gasteiger partial charge is 0.257 e. The summed E-state index contributed by atoms with van der Waals surface area (Å²) in [6.07, 6.45) is 3.76. The van der Waals surface area contributed by atoms with Gasteiger partial charge >= 0.3 is 0 Å². The molecule has 0 saturated carbocycles. The summed E-state index contributed by atoms with van der Waals surface area (Å²) in [4.78, 5) is 29.3. The zero-order valence-electron chi connectivity index (χ0n) is 16.6. The first-order valence-electron chi connectivity index (χ1n) is 9.73. The van der Waals surface area contributed by atoms with Crippen molar-refractivity contribution in [1.82, 2.24) is 14.4 Å². The minimum absolute atomic E-state index is 0.0144. The van der Waals surface area contributed by atoms with Crippen molar-refractivity contribution < 1.29 is 14.3 Å². The Bertz CT molecular complexity index is 1040. The molecule has 0 aliphatic carbocycles. The molecule has 4 rings (SSSR count). The molecule has 1 aliphatic rings. The molecule has 1 fully saturated rings. The predicted octanol–water partition coefficient (Wildman–Crippen LogP) is 3.74. The van der Waals surface area contributed by atoms with Gasteiger partial charge in [-0.3, -0.25) is 9.59 Å². The Morgan fingerprint density at radius 1 is 0.867 bits per heavy atom. The summed E-state index contributed by atoms with van der Waals surface area (Å²) in [5.74, 6) is 0.301. The number of carbonyl (C=O) groups is 2. The number of hydrogen-bond donors (Lipinski definition) is 0. The maximum Gasteiger partial charge on any atom is 0.257 e. The van der Waals surface area contributed by atoms with E-state index in [-0.39, 0.29) is 11.8 Å². The van der Waals surface area contributed by atoms with Crippen molar-refractivity contribution in [3.63, 3.8) is 0 Å². The molecule has 2 aromatic carbocycles. The molecule has 154 valence electrons. The third kappa shape index (κ3) is 3.91. The molecule has 1 aliphatic heterocycles. The Balaban J connectivity index is 1.49. The second kappa shape index (κ2) is 8.63. The zero-order valence-corrected chi connectivity index (χ0v) is 17.4. The monoisotopic (exact) mass is 423 g/mol.